The van der Waals surface area contributed by atoms with Gasteiger partial charge in [-0.05, 0) is 23.1 Å². The van der Waals surface area contributed by atoms with Crippen LogP contribution in [0.4, 0.5) is 5.95 Å². The third kappa shape index (κ3) is 4.16. The average Bonchev–Trinajstić information content (AvgIpc) is 2.85. The molecule has 6 heteroatoms. The van der Waals surface area contributed by atoms with Gasteiger partial charge in [-0.2, -0.15) is 0 Å². The van der Waals surface area contributed by atoms with Gasteiger partial charge >= 0.3 is 0 Å². The molecule has 1 fully saturated rings. The number of amides is 1. The highest BCUT2D eigenvalue weighted by Crippen LogP contribution is 2.29. The molecule has 0 N–H and O–H groups in total. The molecule has 2 aliphatic rings. The van der Waals surface area contributed by atoms with Crippen LogP contribution in [0, 0.1) is 0 Å². The molecule has 158 valence electrons. The molecule has 0 saturated carbocycles. The van der Waals surface area contributed by atoms with Gasteiger partial charge in [-0.25, -0.2) is 9.97 Å². The number of fused-ring (bicyclic) bond motifs is 1. The zero-order valence-electron chi connectivity index (χ0n) is 17.5. The van der Waals surface area contributed by atoms with E-state index in [4.69, 9.17) is 9.72 Å². The fourth-order valence-electron chi connectivity index (χ4n) is 4.35. The lowest BCUT2D eigenvalue weighted by molar-refractivity contribution is -0.132. The zero-order valence-corrected chi connectivity index (χ0v) is 17.5. The second-order valence-electron chi connectivity index (χ2n) is 8.01. The number of aromatic nitrogens is 2. The third-order valence-electron chi connectivity index (χ3n) is 6.05. The van der Waals surface area contributed by atoms with Crippen LogP contribution >= 0.6 is 0 Å². The Balaban J connectivity index is 1.42. The molecule has 0 radical (unpaired) electrons. The number of anilines is 1. The van der Waals surface area contributed by atoms with E-state index in [9.17, 15) is 4.79 Å². The first-order valence-electron chi connectivity index (χ1n) is 10.9. The molecule has 3 heterocycles. The molecule has 0 unspecified atom stereocenters. The fraction of sp³-hybridized carbons (Fsp3) is 0.320. The minimum Gasteiger partial charge on any atom is -0.378 e. The number of nitrogens with zero attached hydrogens (tertiary/aromatic N) is 4. The Morgan fingerprint density at radius 1 is 0.903 bits per heavy atom. The normalized spacial score (nSPS) is 16.3. The van der Waals surface area contributed by atoms with Gasteiger partial charge in [-0.15, -0.1) is 0 Å². The topological polar surface area (TPSA) is 58.6 Å². The summed E-state index contributed by atoms with van der Waals surface area (Å²) in [6.07, 6.45) is 2.71. The number of rotatable bonds is 4. The van der Waals surface area contributed by atoms with Crippen molar-refractivity contribution in [1.82, 2.24) is 14.9 Å². The van der Waals surface area contributed by atoms with Gasteiger partial charge in [0.25, 0.3) is 0 Å². The largest absolute Gasteiger partial charge is 0.378 e. The maximum Gasteiger partial charge on any atom is 0.234 e. The van der Waals surface area contributed by atoms with Gasteiger partial charge in [0.05, 0.1) is 31.4 Å². The first kappa shape index (κ1) is 19.7. The number of hydrogen-bond acceptors (Lipinski definition) is 5. The van der Waals surface area contributed by atoms with E-state index in [0.717, 1.165) is 47.8 Å². The summed E-state index contributed by atoms with van der Waals surface area (Å²) in [6, 6.07) is 20.1. The molecular formula is C25H26N4O2. The molecule has 1 amide bonds. The van der Waals surface area contributed by atoms with Gasteiger partial charge in [-0.1, -0.05) is 60.7 Å². The predicted octanol–water partition coefficient (Wildman–Crippen LogP) is 3.03. The highest BCUT2D eigenvalue weighted by molar-refractivity contribution is 5.87. The monoisotopic (exact) mass is 414 g/mol. The molecule has 1 saturated heterocycles. The predicted molar refractivity (Wildman–Crippen MR) is 119 cm³/mol. The summed E-state index contributed by atoms with van der Waals surface area (Å²) in [5.74, 6) is 0.540. The molecule has 2 aliphatic heterocycles. The Labute approximate surface area is 182 Å². The highest BCUT2D eigenvalue weighted by Gasteiger charge is 2.30. The lowest BCUT2D eigenvalue weighted by Crippen LogP contribution is -2.41. The third-order valence-corrected chi connectivity index (χ3v) is 6.05. The smallest absolute Gasteiger partial charge is 0.234 e. The van der Waals surface area contributed by atoms with Crippen LogP contribution in [0.25, 0.3) is 0 Å². The molecule has 5 rings (SSSR count). The molecule has 0 aliphatic carbocycles. The first-order valence-corrected chi connectivity index (χ1v) is 10.9. The zero-order chi connectivity index (χ0) is 21.0. The van der Waals surface area contributed by atoms with E-state index in [0.29, 0.717) is 26.3 Å². The summed E-state index contributed by atoms with van der Waals surface area (Å²) in [7, 11) is 0. The molecule has 31 heavy (non-hydrogen) atoms. The summed E-state index contributed by atoms with van der Waals surface area (Å²) in [4.78, 5) is 27.3. The highest BCUT2D eigenvalue weighted by atomic mass is 16.5. The Hall–Kier alpha value is -3.25. The second kappa shape index (κ2) is 8.86. The minimum absolute atomic E-state index is 0.120. The van der Waals surface area contributed by atoms with Gasteiger partial charge in [0.2, 0.25) is 11.9 Å². The van der Waals surface area contributed by atoms with Gasteiger partial charge < -0.3 is 14.5 Å². The van der Waals surface area contributed by atoms with Crippen molar-refractivity contribution in [3.63, 3.8) is 0 Å². The molecule has 0 atom stereocenters. The second-order valence-corrected chi connectivity index (χ2v) is 8.01. The summed E-state index contributed by atoms with van der Waals surface area (Å²) in [6.45, 7) is 4.19. The van der Waals surface area contributed by atoms with Crippen molar-refractivity contribution in [2.45, 2.75) is 18.9 Å². The van der Waals surface area contributed by atoms with Gasteiger partial charge in [-0.3, -0.25) is 4.79 Å². The molecule has 2 aromatic carbocycles. The number of morpholine rings is 1. The Morgan fingerprint density at radius 2 is 1.55 bits per heavy atom. The summed E-state index contributed by atoms with van der Waals surface area (Å²) in [5, 5.41) is 0. The molecule has 3 aromatic rings. The van der Waals surface area contributed by atoms with E-state index in [1.54, 1.807) is 0 Å². The van der Waals surface area contributed by atoms with Crippen LogP contribution in [0.5, 0.6) is 0 Å². The van der Waals surface area contributed by atoms with Crippen LogP contribution in [0.15, 0.2) is 66.9 Å². The Bertz CT molecular complexity index is 996. The summed E-state index contributed by atoms with van der Waals surface area (Å²) < 4.78 is 5.44. The fourth-order valence-corrected chi connectivity index (χ4v) is 4.35. The molecule has 1 aromatic heterocycles. The molecule has 0 bridgehead atoms. The number of benzene rings is 2. The SMILES string of the molecule is O=C(C(c1ccccc1)c1ccccc1)N1CCc2cnc(N3CCOCC3)nc2C1. The quantitative estimate of drug-likeness (QED) is 0.657. The van der Waals surface area contributed by atoms with Crippen LogP contribution in [0.3, 0.4) is 0 Å². The maximum atomic E-state index is 13.8. The van der Waals surface area contributed by atoms with Crippen LogP contribution in [0.2, 0.25) is 0 Å². The van der Waals surface area contributed by atoms with E-state index < -0.39 is 0 Å². The Morgan fingerprint density at radius 3 is 2.19 bits per heavy atom. The van der Waals surface area contributed by atoms with Crippen molar-refractivity contribution in [2.24, 2.45) is 0 Å². The van der Waals surface area contributed by atoms with Gasteiger partial charge in [0.15, 0.2) is 0 Å². The van der Waals surface area contributed by atoms with Crippen molar-refractivity contribution in [3.8, 4) is 0 Å². The standard InChI is InChI=1S/C25H26N4O2/c30-24(23(19-7-3-1-4-8-19)20-9-5-2-6-10-20)29-12-11-21-17-26-25(27-22(21)18-29)28-13-15-31-16-14-28/h1-10,17,23H,11-16,18H2. The van der Waals surface area contributed by atoms with Crippen LogP contribution in [0.1, 0.15) is 28.3 Å². The lowest BCUT2D eigenvalue weighted by Gasteiger charge is -2.33. The first-order chi connectivity index (χ1) is 15.3. The number of carbonyl (C=O) groups is 1. The number of carbonyl (C=O) groups excluding carboxylic acids is 1. The number of hydrogen-bond donors (Lipinski definition) is 0. The van der Waals surface area contributed by atoms with Gasteiger partial charge in [0.1, 0.15) is 0 Å². The minimum atomic E-state index is -0.315. The average molecular weight is 415 g/mol. The van der Waals surface area contributed by atoms with Gasteiger partial charge in [0, 0.05) is 25.8 Å². The van der Waals surface area contributed by atoms with Crippen molar-refractivity contribution in [1.29, 1.82) is 0 Å². The van der Waals surface area contributed by atoms with Crippen LogP contribution < -0.4 is 4.90 Å². The number of ether oxygens (including phenoxy) is 1. The van der Waals surface area contributed by atoms with Crippen molar-refractivity contribution in [2.75, 3.05) is 37.7 Å². The van der Waals surface area contributed by atoms with Crippen LogP contribution in [-0.4, -0.2) is 53.6 Å². The van der Waals surface area contributed by atoms with Crippen LogP contribution in [-0.2, 0) is 22.5 Å². The maximum absolute atomic E-state index is 13.8. The van der Waals surface area contributed by atoms with E-state index in [-0.39, 0.29) is 11.8 Å². The van der Waals surface area contributed by atoms with E-state index >= 15 is 0 Å². The summed E-state index contributed by atoms with van der Waals surface area (Å²) >= 11 is 0. The van der Waals surface area contributed by atoms with Crippen molar-refractivity contribution < 1.29 is 9.53 Å². The Kier molecular flexibility index (Phi) is 5.63. The van der Waals surface area contributed by atoms with E-state index in [2.05, 4.69) is 9.88 Å². The van der Waals surface area contributed by atoms with E-state index in [1.807, 2.05) is 71.8 Å². The molecule has 0 spiro atoms. The van der Waals surface area contributed by atoms with Crippen molar-refractivity contribution in [3.05, 3.63) is 89.2 Å². The molecule has 6 nitrogen and oxygen atoms in total. The molecular weight excluding hydrogens is 388 g/mol. The summed E-state index contributed by atoms with van der Waals surface area (Å²) in [5.41, 5.74) is 4.12. The van der Waals surface area contributed by atoms with E-state index in [1.165, 1.54) is 0 Å². The van der Waals surface area contributed by atoms with Crippen molar-refractivity contribution >= 4 is 11.9 Å². The lowest BCUT2D eigenvalue weighted by atomic mass is 9.89.